The second kappa shape index (κ2) is 3.42. The Kier molecular flexibility index (Phi) is 2.38. The zero-order chi connectivity index (χ0) is 10.2. The van der Waals surface area contributed by atoms with Gasteiger partial charge in [-0.2, -0.15) is 0 Å². The maximum absolute atomic E-state index is 12.9. The van der Waals surface area contributed by atoms with Gasteiger partial charge in [0.05, 0.1) is 11.0 Å². The van der Waals surface area contributed by atoms with Gasteiger partial charge in [-0.1, -0.05) is 0 Å². The Morgan fingerprint density at radius 2 is 2.29 bits per heavy atom. The predicted molar refractivity (Wildman–Crippen MR) is 51.5 cm³/mol. The van der Waals surface area contributed by atoms with Crippen LogP contribution in [0.25, 0.3) is 0 Å². The lowest BCUT2D eigenvalue weighted by Crippen LogP contribution is -2.25. The van der Waals surface area contributed by atoms with E-state index in [1.54, 1.807) is 11.1 Å². The van der Waals surface area contributed by atoms with Gasteiger partial charge in [-0.25, -0.2) is 18.7 Å². The molecule has 76 valence electrons. The lowest BCUT2D eigenvalue weighted by Gasteiger charge is -2.17. The average Bonchev–Trinajstić information content (AvgIpc) is 2.47. The first-order valence-electron chi connectivity index (χ1n) is 4.17. The van der Waals surface area contributed by atoms with Gasteiger partial charge < -0.3 is 4.90 Å². The van der Waals surface area contributed by atoms with Crippen molar-refractivity contribution >= 4 is 21.7 Å². The van der Waals surface area contributed by atoms with Gasteiger partial charge in [0.2, 0.25) is 0 Å². The number of halogens is 3. The summed E-state index contributed by atoms with van der Waals surface area (Å²) in [5, 5.41) is 0. The van der Waals surface area contributed by atoms with Crippen LogP contribution in [0.3, 0.4) is 0 Å². The van der Waals surface area contributed by atoms with Crippen molar-refractivity contribution in [3.63, 3.8) is 0 Å². The summed E-state index contributed by atoms with van der Waals surface area (Å²) in [6.45, 7) is 0.0746. The van der Waals surface area contributed by atoms with Crippen molar-refractivity contribution in [2.24, 2.45) is 0 Å². The second-order valence-corrected chi connectivity index (χ2v) is 4.08. The van der Waals surface area contributed by atoms with E-state index in [2.05, 4.69) is 25.9 Å². The first-order chi connectivity index (χ1) is 6.58. The number of aromatic nitrogens is 2. The second-order valence-electron chi connectivity index (χ2n) is 3.22. The van der Waals surface area contributed by atoms with Crippen molar-refractivity contribution in [2.75, 3.05) is 18.0 Å². The van der Waals surface area contributed by atoms with Crippen molar-refractivity contribution in [3.05, 3.63) is 17.0 Å². The third-order valence-electron chi connectivity index (χ3n) is 2.12. The molecule has 1 fully saturated rings. The highest BCUT2D eigenvalue weighted by Gasteiger charge is 2.39. The molecular formula is C8H8BrF2N3. The van der Waals surface area contributed by atoms with Crippen LogP contribution in [0.15, 0.2) is 17.0 Å². The molecule has 2 rings (SSSR count). The van der Waals surface area contributed by atoms with E-state index in [4.69, 9.17) is 0 Å². The van der Waals surface area contributed by atoms with Crippen LogP contribution < -0.4 is 4.90 Å². The average molecular weight is 264 g/mol. The molecular weight excluding hydrogens is 256 g/mol. The molecule has 1 aromatic heterocycles. The first kappa shape index (κ1) is 9.76. The molecule has 14 heavy (non-hydrogen) atoms. The molecule has 3 nitrogen and oxygen atoms in total. The number of nitrogens with zero attached hydrogens (tertiary/aromatic N) is 3. The molecule has 0 amide bonds. The summed E-state index contributed by atoms with van der Waals surface area (Å²) in [6, 6.07) is 0. The van der Waals surface area contributed by atoms with E-state index in [0.29, 0.717) is 16.8 Å². The van der Waals surface area contributed by atoms with Gasteiger partial charge >= 0.3 is 0 Å². The fraction of sp³-hybridized carbons (Fsp3) is 0.500. The highest BCUT2D eigenvalue weighted by Crippen LogP contribution is 2.32. The van der Waals surface area contributed by atoms with E-state index in [0.717, 1.165) is 0 Å². The third-order valence-corrected chi connectivity index (χ3v) is 2.68. The highest BCUT2D eigenvalue weighted by atomic mass is 79.9. The van der Waals surface area contributed by atoms with E-state index in [1.807, 2.05) is 0 Å². The van der Waals surface area contributed by atoms with Crippen LogP contribution >= 0.6 is 15.9 Å². The van der Waals surface area contributed by atoms with Crippen LogP contribution in [0.5, 0.6) is 0 Å². The van der Waals surface area contributed by atoms with Crippen LogP contribution in [0.1, 0.15) is 6.42 Å². The van der Waals surface area contributed by atoms with Crippen molar-refractivity contribution < 1.29 is 8.78 Å². The van der Waals surface area contributed by atoms with Crippen LogP contribution in [-0.4, -0.2) is 29.0 Å². The molecule has 6 heteroatoms. The summed E-state index contributed by atoms with van der Waals surface area (Å²) in [7, 11) is 0. The summed E-state index contributed by atoms with van der Waals surface area (Å²) >= 11 is 3.23. The van der Waals surface area contributed by atoms with E-state index in [1.165, 1.54) is 6.33 Å². The van der Waals surface area contributed by atoms with Gasteiger partial charge in [0.25, 0.3) is 5.92 Å². The monoisotopic (exact) mass is 263 g/mol. The predicted octanol–water partition coefficient (Wildman–Crippen LogP) is 2.08. The zero-order valence-electron chi connectivity index (χ0n) is 7.25. The van der Waals surface area contributed by atoms with E-state index in [9.17, 15) is 8.78 Å². The topological polar surface area (TPSA) is 29.0 Å². The number of hydrogen-bond acceptors (Lipinski definition) is 3. The van der Waals surface area contributed by atoms with E-state index in [-0.39, 0.29) is 13.0 Å². The molecule has 0 unspecified atom stereocenters. The summed E-state index contributed by atoms with van der Waals surface area (Å²) in [6.07, 6.45) is 2.80. The van der Waals surface area contributed by atoms with Crippen molar-refractivity contribution in [2.45, 2.75) is 12.3 Å². The molecule has 0 aliphatic carbocycles. The number of anilines is 1. The molecule has 1 aromatic rings. The number of rotatable bonds is 1. The van der Waals surface area contributed by atoms with E-state index < -0.39 is 5.92 Å². The smallest absolute Gasteiger partial charge is 0.266 e. The highest BCUT2D eigenvalue weighted by molar-refractivity contribution is 9.10. The Balaban J connectivity index is 2.22. The molecule has 0 aromatic carbocycles. The minimum Gasteiger partial charge on any atom is -0.349 e. The quantitative estimate of drug-likeness (QED) is 0.777. The number of hydrogen-bond donors (Lipinski definition) is 0. The van der Waals surface area contributed by atoms with Crippen LogP contribution in [0, 0.1) is 0 Å². The Labute approximate surface area is 88.3 Å². The Bertz CT molecular complexity index is 345. The van der Waals surface area contributed by atoms with Crippen molar-refractivity contribution in [1.29, 1.82) is 0 Å². The minimum absolute atomic E-state index is 0.108. The molecule has 0 saturated carbocycles. The van der Waals surface area contributed by atoms with Gasteiger partial charge in [0, 0.05) is 19.2 Å². The van der Waals surface area contributed by atoms with Crippen LogP contribution in [0.4, 0.5) is 14.6 Å². The molecule has 1 aliphatic heterocycles. The fourth-order valence-electron chi connectivity index (χ4n) is 1.46. The van der Waals surface area contributed by atoms with Gasteiger partial charge in [-0.05, 0) is 15.9 Å². The summed E-state index contributed by atoms with van der Waals surface area (Å²) in [4.78, 5) is 9.30. The molecule has 0 atom stereocenters. The molecule has 0 spiro atoms. The summed E-state index contributed by atoms with van der Waals surface area (Å²) in [5.74, 6) is -2.05. The largest absolute Gasteiger partial charge is 0.349 e. The third kappa shape index (κ3) is 1.84. The molecule has 2 heterocycles. The molecule has 1 aliphatic rings. The normalized spacial score (nSPS) is 20.1. The van der Waals surface area contributed by atoms with Crippen LogP contribution in [0.2, 0.25) is 0 Å². The van der Waals surface area contributed by atoms with Gasteiger partial charge in [-0.3, -0.25) is 0 Å². The molecule has 0 radical (unpaired) electrons. The molecule has 0 bridgehead atoms. The maximum atomic E-state index is 12.9. The van der Waals surface area contributed by atoms with Gasteiger partial charge in [0.15, 0.2) is 0 Å². The summed E-state index contributed by atoms with van der Waals surface area (Å²) in [5.41, 5.74) is 0. The SMILES string of the molecule is FC1(F)CCN(c2ncncc2Br)C1. The first-order valence-corrected chi connectivity index (χ1v) is 4.96. The lowest BCUT2D eigenvalue weighted by molar-refractivity contribution is 0.0256. The van der Waals surface area contributed by atoms with Gasteiger partial charge in [0.1, 0.15) is 12.1 Å². The Morgan fingerprint density at radius 1 is 1.50 bits per heavy atom. The van der Waals surface area contributed by atoms with Crippen molar-refractivity contribution in [3.8, 4) is 0 Å². The standard InChI is InChI=1S/C8H8BrF2N3/c9-6-3-12-5-13-7(6)14-2-1-8(10,11)4-14/h3,5H,1-2,4H2. The lowest BCUT2D eigenvalue weighted by atomic mass is 10.3. The fourth-order valence-corrected chi connectivity index (χ4v) is 1.93. The molecule has 0 N–H and O–H groups in total. The van der Waals surface area contributed by atoms with E-state index >= 15 is 0 Å². The van der Waals surface area contributed by atoms with Gasteiger partial charge in [-0.15, -0.1) is 0 Å². The van der Waals surface area contributed by atoms with Crippen LogP contribution in [-0.2, 0) is 0 Å². The summed E-state index contributed by atoms with van der Waals surface area (Å²) < 4.78 is 26.5. The Hall–Kier alpha value is -0.780. The molecule has 1 saturated heterocycles. The zero-order valence-corrected chi connectivity index (χ0v) is 8.84. The minimum atomic E-state index is -2.59. The Morgan fingerprint density at radius 3 is 2.86 bits per heavy atom. The maximum Gasteiger partial charge on any atom is 0.266 e. The van der Waals surface area contributed by atoms with Crippen molar-refractivity contribution in [1.82, 2.24) is 9.97 Å². The number of alkyl halides is 2.